The second kappa shape index (κ2) is 8.61. The Bertz CT molecular complexity index is 1180. The van der Waals surface area contributed by atoms with Crippen molar-refractivity contribution in [3.63, 3.8) is 0 Å². The van der Waals surface area contributed by atoms with Crippen LogP contribution in [0.2, 0.25) is 5.02 Å². The van der Waals surface area contributed by atoms with Crippen molar-refractivity contribution in [1.82, 2.24) is 4.90 Å². The maximum absolute atomic E-state index is 12.9. The smallest absolute Gasteiger partial charge is 0.291 e. The molecule has 2 aromatic carbocycles. The molecule has 6 heteroatoms. The van der Waals surface area contributed by atoms with Gasteiger partial charge in [-0.25, -0.2) is 0 Å². The van der Waals surface area contributed by atoms with E-state index in [-0.39, 0.29) is 17.7 Å². The Balaban J connectivity index is 1.64. The normalized spacial score (nSPS) is 15.8. The van der Waals surface area contributed by atoms with E-state index in [0.717, 1.165) is 48.2 Å². The number of halogens is 1. The largest absolute Gasteiger partial charge is 0.459 e. The summed E-state index contributed by atoms with van der Waals surface area (Å²) in [4.78, 5) is 15.3. The number of piperidine rings is 1. The van der Waals surface area contributed by atoms with Crippen LogP contribution in [0.3, 0.4) is 0 Å². The number of amides is 1. The molecule has 0 radical (unpaired) electrons. The van der Waals surface area contributed by atoms with Crippen molar-refractivity contribution in [3.05, 3.63) is 89.0 Å². The van der Waals surface area contributed by atoms with Crippen LogP contribution in [-0.2, 0) is 0 Å². The van der Waals surface area contributed by atoms with Crippen LogP contribution in [0.5, 0.6) is 0 Å². The summed E-state index contributed by atoms with van der Waals surface area (Å²) < 4.78 is 11.7. The first-order chi connectivity index (χ1) is 15.2. The summed E-state index contributed by atoms with van der Waals surface area (Å²) in [6, 6.07) is 18.9. The van der Waals surface area contributed by atoms with Crippen molar-refractivity contribution in [3.8, 4) is 0 Å². The lowest BCUT2D eigenvalue weighted by Crippen LogP contribution is -2.34. The summed E-state index contributed by atoms with van der Waals surface area (Å²) in [5.41, 5.74) is 2.50. The van der Waals surface area contributed by atoms with Crippen molar-refractivity contribution in [2.75, 3.05) is 18.4 Å². The minimum Gasteiger partial charge on any atom is -0.459 e. The van der Waals surface area contributed by atoms with Crippen molar-refractivity contribution >= 4 is 34.2 Å². The van der Waals surface area contributed by atoms with Gasteiger partial charge in [0.15, 0.2) is 5.76 Å². The van der Waals surface area contributed by atoms with Gasteiger partial charge in [0.1, 0.15) is 11.3 Å². The number of fused-ring (bicyclic) bond motifs is 1. The number of rotatable bonds is 5. The number of hydrogen-bond donors (Lipinski definition) is 1. The molecule has 4 aromatic rings. The average molecular weight is 435 g/mol. The third-order valence-corrected chi connectivity index (χ3v) is 6.05. The minimum absolute atomic E-state index is 0.128. The first kappa shape index (κ1) is 19.9. The van der Waals surface area contributed by atoms with Gasteiger partial charge in [0.05, 0.1) is 18.0 Å². The van der Waals surface area contributed by atoms with Crippen molar-refractivity contribution in [2.45, 2.75) is 25.3 Å². The molecule has 1 aliphatic rings. The summed E-state index contributed by atoms with van der Waals surface area (Å²) in [5, 5.41) is 4.62. The highest BCUT2D eigenvalue weighted by Crippen LogP contribution is 2.41. The predicted octanol–water partition coefficient (Wildman–Crippen LogP) is 6.51. The lowest BCUT2D eigenvalue weighted by molar-refractivity contribution is 0.0996. The number of furan rings is 2. The van der Waals surface area contributed by atoms with Gasteiger partial charge in [0.25, 0.3) is 5.91 Å². The molecule has 0 unspecified atom stereocenters. The fourth-order valence-electron chi connectivity index (χ4n) is 4.32. The van der Waals surface area contributed by atoms with Gasteiger partial charge in [0, 0.05) is 10.4 Å². The molecular formula is C25H23ClN2O3. The number of benzene rings is 2. The molecule has 1 aliphatic heterocycles. The maximum atomic E-state index is 12.9. The van der Waals surface area contributed by atoms with Crippen LogP contribution in [0.25, 0.3) is 11.0 Å². The molecule has 1 atom stereocenters. The average Bonchev–Trinajstić information content (AvgIpc) is 3.45. The van der Waals surface area contributed by atoms with Crippen molar-refractivity contribution in [2.24, 2.45) is 0 Å². The van der Waals surface area contributed by atoms with Gasteiger partial charge >= 0.3 is 0 Å². The van der Waals surface area contributed by atoms with Crippen molar-refractivity contribution < 1.29 is 13.6 Å². The summed E-state index contributed by atoms with van der Waals surface area (Å²) in [7, 11) is 0. The monoisotopic (exact) mass is 434 g/mol. The number of nitrogens with one attached hydrogen (secondary N) is 1. The molecule has 5 nitrogen and oxygen atoms in total. The van der Waals surface area contributed by atoms with Crippen LogP contribution < -0.4 is 5.32 Å². The highest BCUT2D eigenvalue weighted by atomic mass is 35.5. The fraction of sp³-hybridized carbons (Fsp3) is 0.240. The van der Waals surface area contributed by atoms with Crippen LogP contribution >= 0.6 is 11.6 Å². The Morgan fingerprint density at radius 2 is 1.74 bits per heavy atom. The van der Waals surface area contributed by atoms with E-state index in [2.05, 4.69) is 10.2 Å². The number of carbonyl (C=O) groups excluding carboxylic acids is 1. The van der Waals surface area contributed by atoms with Gasteiger partial charge in [-0.05, 0) is 67.9 Å². The van der Waals surface area contributed by atoms with E-state index in [0.29, 0.717) is 10.7 Å². The van der Waals surface area contributed by atoms with E-state index in [1.54, 1.807) is 12.1 Å². The van der Waals surface area contributed by atoms with E-state index >= 15 is 0 Å². The van der Waals surface area contributed by atoms with E-state index in [4.69, 9.17) is 20.4 Å². The lowest BCUT2D eigenvalue weighted by Gasteiger charge is -2.34. The van der Waals surface area contributed by atoms with Gasteiger partial charge in [0.2, 0.25) is 0 Å². The Hall–Kier alpha value is -3.02. The third kappa shape index (κ3) is 3.99. The van der Waals surface area contributed by atoms with Crippen LogP contribution in [0.1, 0.15) is 47.2 Å². The lowest BCUT2D eigenvalue weighted by atomic mass is 9.98. The van der Waals surface area contributed by atoms with Crippen LogP contribution in [-0.4, -0.2) is 23.9 Å². The van der Waals surface area contributed by atoms with Gasteiger partial charge in [-0.3, -0.25) is 9.69 Å². The van der Waals surface area contributed by atoms with Gasteiger partial charge in [-0.15, -0.1) is 0 Å². The predicted molar refractivity (Wildman–Crippen MR) is 122 cm³/mol. The zero-order valence-electron chi connectivity index (χ0n) is 17.0. The Labute approximate surface area is 185 Å². The van der Waals surface area contributed by atoms with Crippen LogP contribution in [0.15, 0.2) is 75.8 Å². The van der Waals surface area contributed by atoms with Crippen LogP contribution in [0, 0.1) is 0 Å². The van der Waals surface area contributed by atoms with E-state index in [1.807, 2.05) is 48.5 Å². The molecule has 1 saturated heterocycles. The topological polar surface area (TPSA) is 58.6 Å². The second-order valence-electron chi connectivity index (χ2n) is 7.82. The molecule has 0 aliphatic carbocycles. The second-order valence-corrected chi connectivity index (χ2v) is 8.26. The van der Waals surface area contributed by atoms with Gasteiger partial charge in [-0.2, -0.15) is 0 Å². The number of hydrogen-bond acceptors (Lipinski definition) is 4. The number of likely N-dealkylation sites (tertiary alicyclic amines) is 1. The standard InChI is InChI=1S/C25H23ClN2O3/c26-18-12-10-17(11-13-18)23(28-14-4-1-5-15-28)24-22(19-7-2-3-8-20(19)31-24)27-25(29)21-9-6-16-30-21/h2-3,6-13,16,23H,1,4-5,14-15H2,(H,27,29)/t23-/m0/s1. The maximum Gasteiger partial charge on any atom is 0.291 e. The van der Waals surface area contributed by atoms with E-state index in [9.17, 15) is 4.79 Å². The molecule has 1 fully saturated rings. The number of carbonyl (C=O) groups is 1. The van der Waals surface area contributed by atoms with E-state index in [1.165, 1.54) is 12.7 Å². The molecule has 0 spiro atoms. The van der Waals surface area contributed by atoms with Gasteiger partial charge in [-0.1, -0.05) is 42.3 Å². The fourth-order valence-corrected chi connectivity index (χ4v) is 4.44. The highest BCUT2D eigenvalue weighted by Gasteiger charge is 2.31. The summed E-state index contributed by atoms with van der Waals surface area (Å²) in [6.45, 7) is 1.94. The summed E-state index contributed by atoms with van der Waals surface area (Å²) >= 11 is 6.17. The molecule has 3 heterocycles. The third-order valence-electron chi connectivity index (χ3n) is 5.80. The first-order valence-electron chi connectivity index (χ1n) is 10.6. The molecule has 0 saturated carbocycles. The molecule has 2 aromatic heterocycles. The molecule has 1 amide bonds. The van der Waals surface area contributed by atoms with Crippen LogP contribution in [0.4, 0.5) is 5.69 Å². The number of nitrogens with zero attached hydrogens (tertiary/aromatic N) is 1. The van der Waals surface area contributed by atoms with E-state index < -0.39 is 0 Å². The Kier molecular flexibility index (Phi) is 5.53. The van der Waals surface area contributed by atoms with Crippen molar-refractivity contribution in [1.29, 1.82) is 0 Å². The Morgan fingerprint density at radius 1 is 0.968 bits per heavy atom. The summed E-state index contributed by atoms with van der Waals surface area (Å²) in [6.07, 6.45) is 5.00. The molecule has 158 valence electrons. The quantitative estimate of drug-likeness (QED) is 0.389. The first-order valence-corrected chi connectivity index (χ1v) is 10.9. The SMILES string of the molecule is O=C(Nc1c([C@H](c2ccc(Cl)cc2)N2CCCCC2)oc2ccccc12)c1ccco1. The molecular weight excluding hydrogens is 412 g/mol. The molecule has 0 bridgehead atoms. The number of anilines is 1. The highest BCUT2D eigenvalue weighted by molar-refractivity contribution is 6.30. The minimum atomic E-state index is -0.300. The zero-order valence-corrected chi connectivity index (χ0v) is 17.8. The molecule has 1 N–H and O–H groups in total. The number of para-hydroxylation sites is 1. The van der Waals surface area contributed by atoms with Gasteiger partial charge < -0.3 is 14.2 Å². The summed E-state index contributed by atoms with van der Waals surface area (Å²) in [5.74, 6) is 0.689. The molecule has 5 rings (SSSR count). The molecule has 31 heavy (non-hydrogen) atoms. The zero-order chi connectivity index (χ0) is 21.2. The Morgan fingerprint density at radius 3 is 2.48 bits per heavy atom.